The van der Waals surface area contributed by atoms with Crippen molar-refractivity contribution in [3.05, 3.63) is 60.2 Å². The highest BCUT2D eigenvalue weighted by Gasteiger charge is 2.26. The molecule has 4 aromatic rings. The van der Waals surface area contributed by atoms with Gasteiger partial charge < -0.3 is 10.3 Å². The van der Waals surface area contributed by atoms with Crippen LogP contribution < -0.4 is 5.32 Å². The molecule has 0 saturated heterocycles. The molecule has 0 spiro atoms. The maximum atomic E-state index is 4.51. The minimum absolute atomic E-state index is 0.475. The van der Waals surface area contributed by atoms with Crippen LogP contribution in [0.15, 0.2) is 48.9 Å². The van der Waals surface area contributed by atoms with Crippen LogP contribution in [0.4, 0.5) is 0 Å². The maximum absolute atomic E-state index is 4.51. The molecule has 5 rings (SSSR count). The second-order valence-corrected chi connectivity index (χ2v) is 7.17. The van der Waals surface area contributed by atoms with Crippen LogP contribution in [-0.2, 0) is 6.54 Å². The Morgan fingerprint density at radius 2 is 1.92 bits per heavy atom. The predicted molar refractivity (Wildman–Crippen MR) is 101 cm³/mol. The number of fused-ring (bicyclic) bond motifs is 3. The van der Waals surface area contributed by atoms with Crippen LogP contribution in [0, 0.1) is 0 Å². The lowest BCUT2D eigenvalue weighted by Gasteiger charge is -2.28. The molecule has 1 aromatic carbocycles. The topological polar surface area (TPSA) is 70.9 Å². The van der Waals surface area contributed by atoms with Crippen LogP contribution in [-0.4, -0.2) is 30.8 Å². The standard InChI is InChI=1S/C20H22N6/c1-2-4-14(5-3-1)12-22-16-8-6-15(7-9-16)18-19-17-10-11-21-20(17)23-13-26(19)25-24-18/h1-5,10-11,13,15-16,21-22H,6-9,12H2. The van der Waals surface area contributed by atoms with Crippen molar-refractivity contribution in [3.8, 4) is 0 Å². The molecule has 0 amide bonds. The molecule has 0 atom stereocenters. The Labute approximate surface area is 151 Å². The number of aromatic nitrogens is 5. The van der Waals surface area contributed by atoms with Gasteiger partial charge in [0.05, 0.1) is 5.69 Å². The zero-order valence-corrected chi connectivity index (χ0v) is 14.6. The molecule has 3 heterocycles. The van der Waals surface area contributed by atoms with E-state index in [9.17, 15) is 0 Å². The summed E-state index contributed by atoms with van der Waals surface area (Å²) in [6, 6.07) is 13.3. The Morgan fingerprint density at radius 1 is 1.08 bits per heavy atom. The summed E-state index contributed by atoms with van der Waals surface area (Å²) in [5, 5.41) is 13.6. The first-order chi connectivity index (χ1) is 12.9. The van der Waals surface area contributed by atoms with Crippen LogP contribution in [0.3, 0.4) is 0 Å². The van der Waals surface area contributed by atoms with Crippen LogP contribution >= 0.6 is 0 Å². The van der Waals surface area contributed by atoms with Crippen molar-refractivity contribution in [2.24, 2.45) is 0 Å². The van der Waals surface area contributed by atoms with E-state index >= 15 is 0 Å². The van der Waals surface area contributed by atoms with Crippen LogP contribution in [0.5, 0.6) is 0 Å². The summed E-state index contributed by atoms with van der Waals surface area (Å²) >= 11 is 0. The summed E-state index contributed by atoms with van der Waals surface area (Å²) < 4.78 is 1.81. The third-order valence-corrected chi connectivity index (χ3v) is 5.55. The summed E-state index contributed by atoms with van der Waals surface area (Å²) in [4.78, 5) is 7.57. The first kappa shape index (κ1) is 15.5. The van der Waals surface area contributed by atoms with E-state index in [0.29, 0.717) is 12.0 Å². The fourth-order valence-electron chi connectivity index (χ4n) is 4.12. The van der Waals surface area contributed by atoms with Gasteiger partial charge in [-0.1, -0.05) is 35.5 Å². The van der Waals surface area contributed by atoms with E-state index in [-0.39, 0.29) is 0 Å². The smallest absolute Gasteiger partial charge is 0.141 e. The Kier molecular flexibility index (Phi) is 3.90. The van der Waals surface area contributed by atoms with E-state index in [0.717, 1.165) is 41.6 Å². The molecular weight excluding hydrogens is 324 g/mol. The zero-order valence-electron chi connectivity index (χ0n) is 14.6. The van der Waals surface area contributed by atoms with E-state index in [2.05, 4.69) is 62.0 Å². The van der Waals surface area contributed by atoms with Crippen LogP contribution in [0.25, 0.3) is 16.6 Å². The average molecular weight is 346 g/mol. The van der Waals surface area contributed by atoms with Gasteiger partial charge in [0, 0.05) is 30.1 Å². The van der Waals surface area contributed by atoms with E-state index in [1.165, 1.54) is 18.4 Å². The third kappa shape index (κ3) is 2.76. The highest BCUT2D eigenvalue weighted by molar-refractivity contribution is 5.92. The van der Waals surface area contributed by atoms with Gasteiger partial charge in [-0.05, 0) is 37.3 Å². The van der Waals surface area contributed by atoms with Crippen LogP contribution in [0.1, 0.15) is 42.9 Å². The molecule has 1 saturated carbocycles. The SMILES string of the molecule is c1ccc(CNC2CCC(c3nnn4cnc5[nH]ccc5c34)CC2)cc1. The van der Waals surface area contributed by atoms with Crippen molar-refractivity contribution < 1.29 is 0 Å². The van der Waals surface area contributed by atoms with Crippen molar-refractivity contribution in [1.29, 1.82) is 0 Å². The first-order valence-electron chi connectivity index (χ1n) is 9.33. The molecule has 132 valence electrons. The Morgan fingerprint density at radius 3 is 2.77 bits per heavy atom. The molecule has 0 radical (unpaired) electrons. The summed E-state index contributed by atoms with van der Waals surface area (Å²) in [5.74, 6) is 0.475. The molecule has 2 N–H and O–H groups in total. The maximum Gasteiger partial charge on any atom is 0.141 e. The highest BCUT2D eigenvalue weighted by Crippen LogP contribution is 2.35. The molecule has 1 aliphatic carbocycles. The van der Waals surface area contributed by atoms with Gasteiger partial charge in [-0.15, -0.1) is 5.10 Å². The number of rotatable bonds is 4. The second-order valence-electron chi connectivity index (χ2n) is 7.17. The van der Waals surface area contributed by atoms with Gasteiger partial charge in [-0.25, -0.2) is 9.50 Å². The number of H-pyrrole nitrogens is 1. The molecule has 6 heteroatoms. The molecule has 26 heavy (non-hydrogen) atoms. The Bertz CT molecular complexity index is 1010. The summed E-state index contributed by atoms with van der Waals surface area (Å²) in [6.07, 6.45) is 8.33. The molecule has 0 aliphatic heterocycles. The Balaban J connectivity index is 1.30. The summed E-state index contributed by atoms with van der Waals surface area (Å²) in [7, 11) is 0. The van der Waals surface area contributed by atoms with Gasteiger partial charge in [0.25, 0.3) is 0 Å². The number of nitrogens with zero attached hydrogens (tertiary/aromatic N) is 4. The quantitative estimate of drug-likeness (QED) is 0.594. The van der Waals surface area contributed by atoms with E-state index in [1.54, 1.807) is 6.33 Å². The second kappa shape index (κ2) is 6.53. The minimum atomic E-state index is 0.475. The number of benzene rings is 1. The Hall–Kier alpha value is -2.73. The molecule has 1 fully saturated rings. The fraction of sp³-hybridized carbons (Fsp3) is 0.350. The summed E-state index contributed by atoms with van der Waals surface area (Å²) in [5.41, 5.74) is 4.48. The van der Waals surface area contributed by atoms with Crippen molar-refractivity contribution in [3.63, 3.8) is 0 Å². The number of aromatic amines is 1. The van der Waals surface area contributed by atoms with Crippen molar-refractivity contribution in [1.82, 2.24) is 30.1 Å². The van der Waals surface area contributed by atoms with Crippen LogP contribution in [0.2, 0.25) is 0 Å². The zero-order chi connectivity index (χ0) is 17.3. The monoisotopic (exact) mass is 346 g/mol. The summed E-state index contributed by atoms with van der Waals surface area (Å²) in [6.45, 7) is 0.945. The minimum Gasteiger partial charge on any atom is -0.346 e. The highest BCUT2D eigenvalue weighted by atomic mass is 15.4. The fourth-order valence-corrected chi connectivity index (χ4v) is 4.12. The molecule has 0 unspecified atom stereocenters. The van der Waals surface area contributed by atoms with Gasteiger partial charge in [-0.2, -0.15) is 0 Å². The van der Waals surface area contributed by atoms with Crippen molar-refractivity contribution in [2.45, 2.75) is 44.2 Å². The predicted octanol–water partition coefficient (Wildman–Crippen LogP) is 3.42. The lowest BCUT2D eigenvalue weighted by atomic mass is 9.83. The van der Waals surface area contributed by atoms with Crippen molar-refractivity contribution >= 4 is 16.6 Å². The molecular formula is C20H22N6. The molecule has 6 nitrogen and oxygen atoms in total. The lowest BCUT2D eigenvalue weighted by molar-refractivity contribution is 0.339. The third-order valence-electron chi connectivity index (χ3n) is 5.55. The van der Waals surface area contributed by atoms with Gasteiger partial charge in [-0.3, -0.25) is 0 Å². The molecule has 1 aliphatic rings. The normalized spacial score (nSPS) is 20.8. The van der Waals surface area contributed by atoms with E-state index in [1.807, 2.05) is 10.7 Å². The number of nitrogens with one attached hydrogen (secondary N) is 2. The number of hydrogen-bond donors (Lipinski definition) is 2. The largest absolute Gasteiger partial charge is 0.346 e. The van der Waals surface area contributed by atoms with E-state index in [4.69, 9.17) is 0 Å². The van der Waals surface area contributed by atoms with Gasteiger partial charge in [0.1, 0.15) is 17.5 Å². The van der Waals surface area contributed by atoms with Gasteiger partial charge >= 0.3 is 0 Å². The van der Waals surface area contributed by atoms with E-state index < -0.39 is 0 Å². The van der Waals surface area contributed by atoms with Gasteiger partial charge in [0.2, 0.25) is 0 Å². The number of hydrogen-bond acceptors (Lipinski definition) is 4. The first-order valence-corrected chi connectivity index (χ1v) is 9.33. The molecule has 0 bridgehead atoms. The lowest BCUT2D eigenvalue weighted by Crippen LogP contribution is -2.32. The average Bonchev–Trinajstić information content (AvgIpc) is 3.34. The molecule has 3 aromatic heterocycles. The van der Waals surface area contributed by atoms with Gasteiger partial charge in [0.15, 0.2) is 0 Å². The van der Waals surface area contributed by atoms with Crippen molar-refractivity contribution in [2.75, 3.05) is 0 Å².